The van der Waals surface area contributed by atoms with E-state index in [2.05, 4.69) is 17.4 Å². The van der Waals surface area contributed by atoms with Crippen molar-refractivity contribution in [3.8, 4) is 5.75 Å². The third-order valence-electron chi connectivity index (χ3n) is 4.14. The Morgan fingerprint density at radius 3 is 2.68 bits per heavy atom. The van der Waals surface area contributed by atoms with Crippen LogP contribution in [-0.4, -0.2) is 32.1 Å². The van der Waals surface area contributed by atoms with Crippen LogP contribution in [0, 0.1) is 6.92 Å². The lowest BCUT2D eigenvalue weighted by Crippen LogP contribution is -2.39. The standard InChI is InChI=1S/C17H27NO3S/c1-12(2)21-16-10-13(3)8-9-14(16)11-18-15-6-5-7-17(15)22(4,19)20/h8-10,12,15,17-18H,5-7,11H2,1-4H3/t15-,17-/m1/s1. The number of aryl methyl sites for hydroxylation is 1. The van der Waals surface area contributed by atoms with Gasteiger partial charge in [-0.05, 0) is 45.2 Å². The van der Waals surface area contributed by atoms with Gasteiger partial charge in [0.15, 0.2) is 9.84 Å². The Labute approximate surface area is 134 Å². The number of nitrogens with one attached hydrogen (secondary N) is 1. The maximum absolute atomic E-state index is 11.8. The minimum absolute atomic E-state index is 0.0446. The summed E-state index contributed by atoms with van der Waals surface area (Å²) in [6, 6.07) is 6.21. The summed E-state index contributed by atoms with van der Waals surface area (Å²) in [7, 11) is -2.99. The summed E-state index contributed by atoms with van der Waals surface area (Å²) in [5.74, 6) is 0.886. The average Bonchev–Trinajstić information content (AvgIpc) is 2.85. The Morgan fingerprint density at radius 1 is 1.32 bits per heavy atom. The number of benzene rings is 1. The molecule has 0 amide bonds. The fraction of sp³-hybridized carbons (Fsp3) is 0.647. The van der Waals surface area contributed by atoms with Crippen molar-refractivity contribution in [2.75, 3.05) is 6.26 Å². The largest absolute Gasteiger partial charge is 0.491 e. The maximum Gasteiger partial charge on any atom is 0.151 e. The van der Waals surface area contributed by atoms with Gasteiger partial charge in [-0.3, -0.25) is 0 Å². The Hall–Kier alpha value is -1.07. The van der Waals surface area contributed by atoms with Crippen LogP contribution in [0.25, 0.3) is 0 Å². The molecule has 1 fully saturated rings. The normalized spacial score (nSPS) is 22.2. The van der Waals surface area contributed by atoms with E-state index in [-0.39, 0.29) is 17.4 Å². The van der Waals surface area contributed by atoms with Gasteiger partial charge in [-0.15, -0.1) is 0 Å². The second kappa shape index (κ2) is 7.01. The van der Waals surface area contributed by atoms with Crippen LogP contribution in [0.5, 0.6) is 5.75 Å². The van der Waals surface area contributed by atoms with Crippen molar-refractivity contribution in [1.82, 2.24) is 5.32 Å². The molecular weight excluding hydrogens is 298 g/mol. The quantitative estimate of drug-likeness (QED) is 0.874. The topological polar surface area (TPSA) is 55.4 Å². The molecule has 5 heteroatoms. The van der Waals surface area contributed by atoms with Gasteiger partial charge >= 0.3 is 0 Å². The highest BCUT2D eigenvalue weighted by atomic mass is 32.2. The smallest absolute Gasteiger partial charge is 0.151 e. The highest BCUT2D eigenvalue weighted by Gasteiger charge is 2.34. The molecule has 0 bridgehead atoms. The van der Waals surface area contributed by atoms with Gasteiger partial charge in [-0.1, -0.05) is 18.6 Å². The second-order valence-electron chi connectivity index (χ2n) is 6.56. The molecule has 124 valence electrons. The van der Waals surface area contributed by atoms with Crippen molar-refractivity contribution in [1.29, 1.82) is 0 Å². The Morgan fingerprint density at radius 2 is 2.05 bits per heavy atom. The molecule has 0 radical (unpaired) electrons. The fourth-order valence-corrected chi connectivity index (χ4v) is 4.51. The minimum atomic E-state index is -2.99. The van der Waals surface area contributed by atoms with E-state index >= 15 is 0 Å². The van der Waals surface area contributed by atoms with Gasteiger partial charge in [-0.25, -0.2) is 8.42 Å². The van der Waals surface area contributed by atoms with E-state index in [1.54, 1.807) is 0 Å². The van der Waals surface area contributed by atoms with Gasteiger partial charge in [0, 0.05) is 24.4 Å². The van der Waals surface area contributed by atoms with E-state index in [0.717, 1.165) is 36.1 Å². The van der Waals surface area contributed by atoms with E-state index in [4.69, 9.17) is 4.74 Å². The van der Waals surface area contributed by atoms with Gasteiger partial charge in [0.1, 0.15) is 5.75 Å². The predicted octanol–water partition coefficient (Wildman–Crippen LogP) is 2.84. The molecule has 1 saturated carbocycles. The number of ether oxygens (including phenoxy) is 1. The van der Waals surface area contributed by atoms with Gasteiger partial charge in [-0.2, -0.15) is 0 Å². The molecule has 2 atom stereocenters. The molecule has 0 heterocycles. The van der Waals surface area contributed by atoms with Crippen LogP contribution in [0.3, 0.4) is 0 Å². The predicted molar refractivity (Wildman–Crippen MR) is 90.1 cm³/mol. The minimum Gasteiger partial charge on any atom is -0.491 e. The molecule has 22 heavy (non-hydrogen) atoms. The van der Waals surface area contributed by atoms with Crippen molar-refractivity contribution in [2.45, 2.75) is 64.0 Å². The highest BCUT2D eigenvalue weighted by molar-refractivity contribution is 7.91. The first kappa shape index (κ1) is 17.3. The van der Waals surface area contributed by atoms with Gasteiger partial charge < -0.3 is 10.1 Å². The van der Waals surface area contributed by atoms with Gasteiger partial charge in [0.25, 0.3) is 0 Å². The van der Waals surface area contributed by atoms with E-state index in [9.17, 15) is 8.42 Å². The van der Waals surface area contributed by atoms with E-state index in [1.807, 2.05) is 26.8 Å². The van der Waals surface area contributed by atoms with Crippen LogP contribution < -0.4 is 10.1 Å². The first-order valence-electron chi connectivity index (χ1n) is 7.96. The molecule has 1 aromatic carbocycles. The lowest BCUT2D eigenvalue weighted by molar-refractivity contribution is 0.239. The zero-order valence-electron chi connectivity index (χ0n) is 13.9. The van der Waals surface area contributed by atoms with Crippen LogP contribution in [0.4, 0.5) is 0 Å². The molecule has 0 spiro atoms. The Balaban J connectivity index is 2.08. The van der Waals surface area contributed by atoms with Crippen molar-refractivity contribution < 1.29 is 13.2 Å². The first-order chi connectivity index (χ1) is 10.3. The van der Waals surface area contributed by atoms with Gasteiger partial charge in [0.2, 0.25) is 0 Å². The molecule has 0 saturated heterocycles. The summed E-state index contributed by atoms with van der Waals surface area (Å²) in [5.41, 5.74) is 2.24. The molecule has 1 aliphatic rings. The number of hydrogen-bond acceptors (Lipinski definition) is 4. The zero-order valence-corrected chi connectivity index (χ0v) is 14.7. The van der Waals surface area contributed by atoms with E-state index in [0.29, 0.717) is 6.54 Å². The molecule has 0 unspecified atom stereocenters. The Kier molecular flexibility index (Phi) is 5.50. The first-order valence-corrected chi connectivity index (χ1v) is 9.91. The van der Waals surface area contributed by atoms with Crippen LogP contribution in [0.2, 0.25) is 0 Å². The summed E-state index contributed by atoms with van der Waals surface area (Å²) in [4.78, 5) is 0. The SMILES string of the molecule is Cc1ccc(CN[C@@H]2CCC[C@H]2S(C)(=O)=O)c(OC(C)C)c1. The maximum atomic E-state index is 11.8. The molecule has 1 N–H and O–H groups in total. The van der Waals surface area contributed by atoms with E-state index in [1.165, 1.54) is 6.26 Å². The third-order valence-corrected chi connectivity index (χ3v) is 5.81. The van der Waals surface area contributed by atoms with Crippen LogP contribution in [0.15, 0.2) is 18.2 Å². The molecule has 1 aromatic rings. The van der Waals surface area contributed by atoms with Gasteiger partial charge in [0.05, 0.1) is 11.4 Å². The summed E-state index contributed by atoms with van der Waals surface area (Å²) < 4.78 is 29.6. The van der Waals surface area contributed by atoms with E-state index < -0.39 is 9.84 Å². The molecule has 4 nitrogen and oxygen atoms in total. The summed E-state index contributed by atoms with van der Waals surface area (Å²) in [5, 5.41) is 3.17. The number of rotatable bonds is 6. The summed E-state index contributed by atoms with van der Waals surface area (Å²) >= 11 is 0. The molecule has 0 aromatic heterocycles. The van der Waals surface area contributed by atoms with Crippen LogP contribution >= 0.6 is 0 Å². The lowest BCUT2D eigenvalue weighted by Gasteiger charge is -2.21. The Bertz CT molecular complexity index is 610. The van der Waals surface area contributed by atoms with Crippen molar-refractivity contribution in [3.63, 3.8) is 0 Å². The molecule has 0 aliphatic heterocycles. The van der Waals surface area contributed by atoms with Crippen molar-refractivity contribution >= 4 is 9.84 Å². The summed E-state index contributed by atoms with van der Waals surface area (Å²) in [6.07, 6.45) is 4.12. The zero-order chi connectivity index (χ0) is 16.3. The molecular formula is C17H27NO3S. The second-order valence-corrected chi connectivity index (χ2v) is 8.83. The number of sulfone groups is 1. The third kappa shape index (κ3) is 4.46. The molecule has 1 aliphatic carbocycles. The average molecular weight is 325 g/mol. The van der Waals surface area contributed by atoms with Crippen LogP contribution in [0.1, 0.15) is 44.2 Å². The molecule has 2 rings (SSSR count). The van der Waals surface area contributed by atoms with Crippen molar-refractivity contribution in [2.24, 2.45) is 0 Å². The highest BCUT2D eigenvalue weighted by Crippen LogP contribution is 2.27. The monoisotopic (exact) mass is 325 g/mol. The van der Waals surface area contributed by atoms with Crippen molar-refractivity contribution in [3.05, 3.63) is 29.3 Å². The van der Waals surface area contributed by atoms with Crippen LogP contribution in [-0.2, 0) is 16.4 Å². The fourth-order valence-electron chi connectivity index (χ4n) is 3.08. The lowest BCUT2D eigenvalue weighted by atomic mass is 10.1. The summed E-state index contributed by atoms with van der Waals surface area (Å²) in [6.45, 7) is 6.70. The number of hydrogen-bond donors (Lipinski definition) is 1.